The summed E-state index contributed by atoms with van der Waals surface area (Å²) in [5.41, 5.74) is 0.596. The molecule has 0 aromatic heterocycles. The van der Waals surface area contributed by atoms with E-state index in [1.165, 1.54) is 12.1 Å². The fourth-order valence-corrected chi connectivity index (χ4v) is 2.59. The van der Waals surface area contributed by atoms with E-state index in [1.54, 1.807) is 11.0 Å². The lowest BCUT2D eigenvalue weighted by Gasteiger charge is -2.42. The first-order valence-electron chi connectivity index (χ1n) is 5.98. The molecule has 0 N–H and O–H groups in total. The number of non-ortho nitro benzene ring substituents is 1. The van der Waals surface area contributed by atoms with Gasteiger partial charge in [0.2, 0.25) is 5.91 Å². The predicted octanol–water partition coefficient (Wildman–Crippen LogP) is 0.634. The fraction of sp³-hybridized carbons (Fsp3) is 0.417. The first kappa shape index (κ1) is 11.9. The number of hydrogen-bond donors (Lipinski definition) is 0. The van der Waals surface area contributed by atoms with Crippen molar-refractivity contribution in [3.63, 3.8) is 0 Å². The van der Waals surface area contributed by atoms with Gasteiger partial charge in [-0.1, -0.05) is 0 Å². The van der Waals surface area contributed by atoms with Gasteiger partial charge in [-0.25, -0.2) is 0 Å². The second kappa shape index (κ2) is 4.20. The quantitative estimate of drug-likeness (QED) is 0.549. The Hall–Kier alpha value is -2.15. The van der Waals surface area contributed by atoms with Crippen molar-refractivity contribution in [3.05, 3.63) is 28.3 Å². The minimum atomic E-state index is -0.471. The number of piperazine rings is 1. The molecule has 0 unspecified atom stereocenters. The number of ether oxygens (including phenoxy) is 1. The summed E-state index contributed by atoms with van der Waals surface area (Å²) in [6, 6.07) is 4.33. The Morgan fingerprint density at radius 1 is 1.47 bits per heavy atom. The number of carbonyl (C=O) groups is 1. The Kier molecular flexibility index (Phi) is 2.63. The van der Waals surface area contributed by atoms with Gasteiger partial charge in [-0.3, -0.25) is 24.7 Å². The highest BCUT2D eigenvalue weighted by atomic mass is 16.6. The lowest BCUT2D eigenvalue weighted by molar-refractivity contribution is -0.384. The maximum Gasteiger partial charge on any atom is 0.273 e. The molecule has 19 heavy (non-hydrogen) atoms. The number of hydrogen-bond acceptors (Lipinski definition) is 5. The standard InChI is InChI=1S/C12H13N3O4/c1-13-5-9-7-19-11-4-8(15(17)18)2-3-10(11)14(9)12(16)6-13/h2-4,9H,5-7H2,1H3/t9-/m1/s1. The van der Waals surface area contributed by atoms with E-state index in [4.69, 9.17) is 4.74 Å². The number of nitrogens with zero attached hydrogens (tertiary/aromatic N) is 3. The third-order valence-electron chi connectivity index (χ3n) is 3.41. The van der Waals surface area contributed by atoms with Crippen LogP contribution in [0.4, 0.5) is 11.4 Å². The summed E-state index contributed by atoms with van der Waals surface area (Å²) in [6.45, 7) is 1.46. The average molecular weight is 263 g/mol. The first-order valence-corrected chi connectivity index (χ1v) is 5.98. The van der Waals surface area contributed by atoms with E-state index in [1.807, 2.05) is 11.9 Å². The number of nitro groups is 1. The Morgan fingerprint density at radius 2 is 2.26 bits per heavy atom. The second-order valence-corrected chi connectivity index (χ2v) is 4.83. The zero-order chi connectivity index (χ0) is 13.6. The van der Waals surface area contributed by atoms with E-state index in [0.717, 1.165) is 6.54 Å². The van der Waals surface area contributed by atoms with Crippen molar-refractivity contribution >= 4 is 17.3 Å². The zero-order valence-electron chi connectivity index (χ0n) is 10.4. The molecule has 7 heteroatoms. The van der Waals surface area contributed by atoms with Gasteiger partial charge in [-0.15, -0.1) is 0 Å². The van der Waals surface area contributed by atoms with Crippen LogP contribution < -0.4 is 9.64 Å². The van der Waals surface area contributed by atoms with Crippen LogP contribution in [0.5, 0.6) is 5.75 Å². The van der Waals surface area contributed by atoms with Gasteiger partial charge in [0, 0.05) is 12.6 Å². The molecule has 0 bridgehead atoms. The molecule has 0 spiro atoms. The Bertz CT molecular complexity index is 560. The Morgan fingerprint density at radius 3 is 3.00 bits per heavy atom. The summed E-state index contributed by atoms with van der Waals surface area (Å²) < 4.78 is 5.56. The van der Waals surface area contributed by atoms with Crippen molar-refractivity contribution in [1.82, 2.24) is 4.90 Å². The van der Waals surface area contributed by atoms with E-state index in [-0.39, 0.29) is 17.6 Å². The van der Waals surface area contributed by atoms with Crippen LogP contribution in [0.3, 0.4) is 0 Å². The molecule has 7 nitrogen and oxygen atoms in total. The highest BCUT2D eigenvalue weighted by molar-refractivity contribution is 5.98. The smallest absolute Gasteiger partial charge is 0.273 e. The van der Waals surface area contributed by atoms with Crippen LogP contribution >= 0.6 is 0 Å². The fourth-order valence-electron chi connectivity index (χ4n) is 2.59. The lowest BCUT2D eigenvalue weighted by Crippen LogP contribution is -2.59. The monoisotopic (exact) mass is 263 g/mol. The number of anilines is 1. The van der Waals surface area contributed by atoms with E-state index < -0.39 is 4.92 Å². The molecule has 0 radical (unpaired) electrons. The molecule has 1 aromatic rings. The van der Waals surface area contributed by atoms with Crippen LogP contribution in [0.25, 0.3) is 0 Å². The average Bonchev–Trinajstić information content (AvgIpc) is 2.36. The summed E-state index contributed by atoms with van der Waals surface area (Å²) in [4.78, 5) is 26.0. The molecule has 1 aromatic carbocycles. The summed E-state index contributed by atoms with van der Waals surface area (Å²) >= 11 is 0. The summed E-state index contributed by atoms with van der Waals surface area (Å²) in [5, 5.41) is 10.7. The van der Waals surface area contributed by atoms with Gasteiger partial charge in [0.1, 0.15) is 12.4 Å². The number of carbonyl (C=O) groups excluding carboxylic acids is 1. The Labute approximate surface area is 109 Å². The van der Waals surface area contributed by atoms with Crippen LogP contribution in [-0.2, 0) is 4.79 Å². The molecule has 3 rings (SSSR count). The van der Waals surface area contributed by atoms with Crippen molar-refractivity contribution in [2.24, 2.45) is 0 Å². The maximum absolute atomic E-state index is 12.1. The van der Waals surface area contributed by atoms with Gasteiger partial charge >= 0.3 is 0 Å². The van der Waals surface area contributed by atoms with Gasteiger partial charge in [0.15, 0.2) is 0 Å². The van der Waals surface area contributed by atoms with Crippen LogP contribution in [-0.4, -0.2) is 48.5 Å². The van der Waals surface area contributed by atoms with Crippen molar-refractivity contribution in [2.45, 2.75) is 6.04 Å². The highest BCUT2D eigenvalue weighted by Gasteiger charge is 2.37. The molecular formula is C12H13N3O4. The van der Waals surface area contributed by atoms with Crippen molar-refractivity contribution < 1.29 is 14.5 Å². The molecule has 1 saturated heterocycles. The van der Waals surface area contributed by atoms with Crippen LogP contribution in [0, 0.1) is 10.1 Å². The zero-order valence-corrected chi connectivity index (χ0v) is 10.4. The Balaban J connectivity index is 2.00. The summed E-state index contributed by atoms with van der Waals surface area (Å²) in [5.74, 6) is 0.403. The third kappa shape index (κ3) is 1.91. The molecule has 2 aliphatic rings. The van der Waals surface area contributed by atoms with E-state index in [2.05, 4.69) is 0 Å². The van der Waals surface area contributed by atoms with Gasteiger partial charge in [-0.2, -0.15) is 0 Å². The number of likely N-dealkylation sites (N-methyl/N-ethyl adjacent to an activating group) is 1. The topological polar surface area (TPSA) is 75.9 Å². The maximum atomic E-state index is 12.1. The van der Waals surface area contributed by atoms with Gasteiger partial charge < -0.3 is 4.74 Å². The van der Waals surface area contributed by atoms with Crippen molar-refractivity contribution in [2.75, 3.05) is 31.6 Å². The molecule has 1 atom stereocenters. The molecule has 0 saturated carbocycles. The molecular weight excluding hydrogens is 250 g/mol. The molecule has 1 amide bonds. The van der Waals surface area contributed by atoms with E-state index in [9.17, 15) is 14.9 Å². The largest absolute Gasteiger partial charge is 0.489 e. The minimum absolute atomic E-state index is 0.00264. The number of fused-ring (bicyclic) bond motifs is 3. The third-order valence-corrected chi connectivity index (χ3v) is 3.41. The number of amides is 1. The van der Waals surface area contributed by atoms with E-state index >= 15 is 0 Å². The molecule has 2 aliphatic heterocycles. The predicted molar refractivity (Wildman–Crippen MR) is 67.4 cm³/mol. The molecule has 100 valence electrons. The number of rotatable bonds is 1. The molecule has 1 fully saturated rings. The van der Waals surface area contributed by atoms with Gasteiger partial charge in [0.05, 0.1) is 29.3 Å². The SMILES string of the molecule is CN1CC(=O)N2c3ccc([N+](=O)[O-])cc3OC[C@H]2C1. The van der Waals surface area contributed by atoms with Gasteiger partial charge in [-0.05, 0) is 13.1 Å². The molecule has 2 heterocycles. The van der Waals surface area contributed by atoms with Crippen molar-refractivity contribution in [3.8, 4) is 5.75 Å². The van der Waals surface area contributed by atoms with Gasteiger partial charge in [0.25, 0.3) is 5.69 Å². The highest BCUT2D eigenvalue weighted by Crippen LogP contribution is 2.37. The number of benzene rings is 1. The van der Waals surface area contributed by atoms with Crippen LogP contribution in [0.1, 0.15) is 0 Å². The summed E-state index contributed by atoms with van der Waals surface area (Å²) in [6.07, 6.45) is 0. The van der Waals surface area contributed by atoms with Crippen LogP contribution in [0.15, 0.2) is 18.2 Å². The number of nitro benzene ring substituents is 1. The normalized spacial score (nSPS) is 22.5. The van der Waals surface area contributed by atoms with E-state index in [0.29, 0.717) is 24.6 Å². The van der Waals surface area contributed by atoms with Crippen molar-refractivity contribution in [1.29, 1.82) is 0 Å². The van der Waals surface area contributed by atoms with Crippen LogP contribution in [0.2, 0.25) is 0 Å². The summed E-state index contributed by atoms with van der Waals surface area (Å²) in [7, 11) is 1.89. The molecule has 0 aliphatic carbocycles. The lowest BCUT2D eigenvalue weighted by atomic mass is 10.1. The minimum Gasteiger partial charge on any atom is -0.489 e. The first-order chi connectivity index (χ1) is 9.06. The second-order valence-electron chi connectivity index (χ2n) is 4.83.